The number of amides is 3. The second-order valence-corrected chi connectivity index (χ2v) is 7.66. The van der Waals surface area contributed by atoms with Crippen molar-refractivity contribution in [1.82, 2.24) is 5.43 Å². The van der Waals surface area contributed by atoms with E-state index < -0.39 is 11.8 Å². The average molecular weight is 473 g/mol. The van der Waals surface area contributed by atoms with Gasteiger partial charge in [0.1, 0.15) is 5.75 Å². The van der Waals surface area contributed by atoms with Gasteiger partial charge in [0.05, 0.1) is 6.21 Å². The van der Waals surface area contributed by atoms with Gasteiger partial charge in [-0.05, 0) is 65.9 Å². The Bertz CT molecular complexity index is 1190. The number of ether oxygens (including phenoxy) is 1. The molecule has 0 aliphatic heterocycles. The van der Waals surface area contributed by atoms with E-state index in [1.807, 2.05) is 43.3 Å². The highest BCUT2D eigenvalue weighted by molar-refractivity contribution is 6.39. The minimum Gasteiger partial charge on any atom is -0.484 e. The number of hydrogen-bond donors (Lipinski definition) is 3. The molecule has 0 atom stereocenters. The Morgan fingerprint density at radius 1 is 0.800 bits per heavy atom. The Hall–Kier alpha value is -4.46. The van der Waals surface area contributed by atoms with Gasteiger partial charge in [-0.2, -0.15) is 5.10 Å². The summed E-state index contributed by atoms with van der Waals surface area (Å²) in [5.74, 6) is -1.53. The van der Waals surface area contributed by atoms with E-state index in [9.17, 15) is 14.4 Å². The van der Waals surface area contributed by atoms with Crippen LogP contribution >= 0.6 is 0 Å². The number of hydrazone groups is 1. The van der Waals surface area contributed by atoms with Gasteiger partial charge in [0.25, 0.3) is 5.91 Å². The molecular weight excluding hydrogens is 444 g/mol. The highest BCUT2D eigenvalue weighted by Gasteiger charge is 2.12. The van der Waals surface area contributed by atoms with Crippen molar-refractivity contribution in [3.05, 3.63) is 89.5 Å². The summed E-state index contributed by atoms with van der Waals surface area (Å²) in [6, 6.07) is 21.7. The summed E-state index contributed by atoms with van der Waals surface area (Å²) in [5, 5.41) is 9.12. The van der Waals surface area contributed by atoms with E-state index in [2.05, 4.69) is 28.1 Å². The first-order valence-corrected chi connectivity index (χ1v) is 11.3. The molecule has 0 aliphatic carbocycles. The molecule has 180 valence electrons. The molecule has 0 saturated carbocycles. The third kappa shape index (κ3) is 8.12. The number of carbonyl (C=O) groups is 3. The van der Waals surface area contributed by atoms with Crippen LogP contribution in [-0.2, 0) is 27.2 Å². The maximum absolute atomic E-state index is 12.2. The molecule has 0 aliphatic rings. The Balaban J connectivity index is 1.46. The molecule has 35 heavy (non-hydrogen) atoms. The molecule has 3 N–H and O–H groups in total. The summed E-state index contributed by atoms with van der Waals surface area (Å²) in [7, 11) is 0. The van der Waals surface area contributed by atoms with E-state index in [1.165, 1.54) is 11.8 Å². The predicted molar refractivity (Wildman–Crippen MR) is 137 cm³/mol. The molecule has 3 rings (SSSR count). The number of carbonyl (C=O) groups excluding carboxylic acids is 3. The molecule has 3 aromatic carbocycles. The van der Waals surface area contributed by atoms with E-state index in [1.54, 1.807) is 36.4 Å². The van der Waals surface area contributed by atoms with Crippen LogP contribution < -0.4 is 20.8 Å². The molecule has 8 nitrogen and oxygen atoms in total. The Labute approximate surface area is 204 Å². The lowest BCUT2D eigenvalue weighted by molar-refractivity contribution is -0.136. The van der Waals surface area contributed by atoms with Gasteiger partial charge in [0, 0.05) is 11.4 Å². The number of rotatable bonds is 9. The van der Waals surface area contributed by atoms with Gasteiger partial charge in [0.2, 0.25) is 0 Å². The largest absolute Gasteiger partial charge is 0.484 e. The normalized spacial score (nSPS) is 10.6. The van der Waals surface area contributed by atoms with E-state index in [0.717, 1.165) is 18.4 Å². The maximum Gasteiger partial charge on any atom is 0.329 e. The quantitative estimate of drug-likeness (QED) is 0.249. The highest BCUT2D eigenvalue weighted by Crippen LogP contribution is 2.13. The lowest BCUT2D eigenvalue weighted by atomic mass is 10.1. The van der Waals surface area contributed by atoms with Crippen LogP contribution in [0.25, 0.3) is 0 Å². The molecular formula is C27H28N4O4. The molecule has 0 heterocycles. The Morgan fingerprint density at radius 3 is 2.00 bits per heavy atom. The minimum atomic E-state index is -0.892. The zero-order chi connectivity index (χ0) is 25.0. The molecule has 0 unspecified atom stereocenters. The van der Waals surface area contributed by atoms with Crippen molar-refractivity contribution in [1.29, 1.82) is 0 Å². The van der Waals surface area contributed by atoms with Gasteiger partial charge >= 0.3 is 11.8 Å². The molecule has 8 heteroatoms. The van der Waals surface area contributed by atoms with Gasteiger partial charge in [-0.1, -0.05) is 50.2 Å². The number of benzene rings is 3. The van der Waals surface area contributed by atoms with Gasteiger partial charge in [-0.25, -0.2) is 5.43 Å². The summed E-state index contributed by atoms with van der Waals surface area (Å²) in [4.78, 5) is 36.2. The van der Waals surface area contributed by atoms with Crippen LogP contribution in [0.2, 0.25) is 0 Å². The smallest absolute Gasteiger partial charge is 0.329 e. The second kappa shape index (κ2) is 12.7. The molecule has 3 amide bonds. The number of nitrogens with one attached hydrogen (secondary N) is 3. The molecule has 0 radical (unpaired) electrons. The molecule has 0 aromatic heterocycles. The fourth-order valence-corrected chi connectivity index (χ4v) is 3.08. The van der Waals surface area contributed by atoms with Crippen LogP contribution in [0.4, 0.5) is 11.4 Å². The SMILES string of the molecule is CCc1ccc(NC(=O)COc2cccc(/C=N\NC(=O)C(=O)Nc3ccc(CC)cc3)c2)cc1. The molecule has 3 aromatic rings. The maximum atomic E-state index is 12.2. The first kappa shape index (κ1) is 25.2. The van der Waals surface area contributed by atoms with E-state index >= 15 is 0 Å². The highest BCUT2D eigenvalue weighted by atomic mass is 16.5. The third-order valence-electron chi connectivity index (χ3n) is 5.08. The second-order valence-electron chi connectivity index (χ2n) is 7.66. The van der Waals surface area contributed by atoms with E-state index in [4.69, 9.17) is 4.74 Å². The number of nitrogens with zero attached hydrogens (tertiary/aromatic N) is 1. The predicted octanol–water partition coefficient (Wildman–Crippen LogP) is 3.92. The summed E-state index contributed by atoms with van der Waals surface area (Å²) >= 11 is 0. The van der Waals surface area contributed by atoms with Crippen LogP contribution in [0, 0.1) is 0 Å². The van der Waals surface area contributed by atoms with Crippen molar-refractivity contribution in [2.24, 2.45) is 5.10 Å². The zero-order valence-electron chi connectivity index (χ0n) is 19.7. The summed E-state index contributed by atoms with van der Waals surface area (Å²) in [6.45, 7) is 3.94. The Morgan fingerprint density at radius 2 is 1.40 bits per heavy atom. The van der Waals surface area contributed by atoms with E-state index in [-0.39, 0.29) is 12.5 Å². The lowest BCUT2D eigenvalue weighted by Gasteiger charge is -2.08. The van der Waals surface area contributed by atoms with Crippen molar-refractivity contribution >= 4 is 35.3 Å². The van der Waals surface area contributed by atoms with Crippen molar-refractivity contribution in [3.8, 4) is 5.75 Å². The lowest BCUT2D eigenvalue weighted by Crippen LogP contribution is -2.32. The van der Waals surface area contributed by atoms with Gasteiger partial charge < -0.3 is 15.4 Å². The minimum absolute atomic E-state index is 0.160. The summed E-state index contributed by atoms with van der Waals surface area (Å²) in [5.41, 5.74) is 6.36. The van der Waals surface area contributed by atoms with Crippen LogP contribution in [0.5, 0.6) is 5.75 Å². The first-order chi connectivity index (χ1) is 17.0. The van der Waals surface area contributed by atoms with Crippen molar-refractivity contribution < 1.29 is 19.1 Å². The molecule has 0 spiro atoms. The summed E-state index contributed by atoms with van der Waals surface area (Å²) in [6.07, 6.45) is 3.20. The fraction of sp³-hybridized carbons (Fsp3) is 0.185. The van der Waals surface area contributed by atoms with Crippen molar-refractivity contribution in [2.75, 3.05) is 17.2 Å². The Kier molecular flexibility index (Phi) is 9.13. The van der Waals surface area contributed by atoms with Crippen LogP contribution in [0.3, 0.4) is 0 Å². The van der Waals surface area contributed by atoms with Gasteiger partial charge in [-0.15, -0.1) is 0 Å². The van der Waals surface area contributed by atoms with Crippen LogP contribution in [-0.4, -0.2) is 30.5 Å². The fourth-order valence-electron chi connectivity index (χ4n) is 3.08. The zero-order valence-corrected chi connectivity index (χ0v) is 19.7. The number of hydrogen-bond acceptors (Lipinski definition) is 5. The van der Waals surface area contributed by atoms with Crippen molar-refractivity contribution in [3.63, 3.8) is 0 Å². The summed E-state index contributed by atoms with van der Waals surface area (Å²) < 4.78 is 5.55. The van der Waals surface area contributed by atoms with Crippen LogP contribution in [0.15, 0.2) is 77.9 Å². The standard InChI is InChI=1S/C27H28N4O4/c1-3-19-8-12-22(13-9-19)29-25(32)18-35-24-7-5-6-21(16-24)17-28-31-27(34)26(33)30-23-14-10-20(4-2)11-15-23/h5-17H,3-4,18H2,1-2H3,(H,29,32)(H,30,33)(H,31,34)/b28-17-. The molecule has 0 bridgehead atoms. The molecule has 0 fully saturated rings. The number of anilines is 2. The van der Waals surface area contributed by atoms with E-state index in [0.29, 0.717) is 22.7 Å². The monoisotopic (exact) mass is 472 g/mol. The molecule has 0 saturated heterocycles. The first-order valence-electron chi connectivity index (χ1n) is 11.3. The third-order valence-corrected chi connectivity index (χ3v) is 5.08. The average Bonchev–Trinajstić information content (AvgIpc) is 2.88. The van der Waals surface area contributed by atoms with Crippen LogP contribution in [0.1, 0.15) is 30.5 Å². The van der Waals surface area contributed by atoms with Gasteiger partial charge in [0.15, 0.2) is 6.61 Å². The van der Waals surface area contributed by atoms with Gasteiger partial charge in [-0.3, -0.25) is 14.4 Å². The van der Waals surface area contributed by atoms with Crippen molar-refractivity contribution in [2.45, 2.75) is 26.7 Å². The topological polar surface area (TPSA) is 109 Å². The number of aryl methyl sites for hydroxylation is 2.